The number of ether oxygens (including phenoxy) is 2. The minimum Gasteiger partial charge on any atom is -0.497 e. The van der Waals surface area contributed by atoms with Gasteiger partial charge in [-0.2, -0.15) is 0 Å². The topological polar surface area (TPSA) is 84.9 Å². The Morgan fingerprint density at radius 3 is 2.67 bits per heavy atom. The van der Waals surface area contributed by atoms with E-state index in [1.807, 2.05) is 6.92 Å². The van der Waals surface area contributed by atoms with Crippen molar-refractivity contribution in [3.8, 4) is 5.75 Å². The zero-order valence-corrected chi connectivity index (χ0v) is 13.4. The van der Waals surface area contributed by atoms with Crippen LogP contribution < -0.4 is 9.46 Å². The molecule has 0 amide bonds. The molecule has 1 aromatic rings. The van der Waals surface area contributed by atoms with E-state index >= 15 is 0 Å². The fourth-order valence-corrected chi connectivity index (χ4v) is 3.40. The summed E-state index contributed by atoms with van der Waals surface area (Å²) >= 11 is 0. The number of sulfonamides is 1. The number of nitrogens with one attached hydrogen (secondary N) is 1. The van der Waals surface area contributed by atoms with Crippen molar-refractivity contribution in [3.63, 3.8) is 0 Å². The Bertz CT molecular complexity index is 544. The first-order chi connectivity index (χ1) is 9.94. The number of benzene rings is 1. The maximum Gasteiger partial charge on any atom is 0.241 e. The van der Waals surface area contributed by atoms with Crippen LogP contribution in [0.3, 0.4) is 0 Å². The van der Waals surface area contributed by atoms with Gasteiger partial charge in [-0.1, -0.05) is 0 Å². The van der Waals surface area contributed by atoms with Gasteiger partial charge in [-0.25, -0.2) is 13.1 Å². The molecule has 0 spiro atoms. The molecule has 6 nitrogen and oxygen atoms in total. The molecule has 2 N–H and O–H groups in total. The van der Waals surface area contributed by atoms with Gasteiger partial charge in [-0.15, -0.1) is 0 Å². The monoisotopic (exact) mass is 317 g/mol. The lowest BCUT2D eigenvalue weighted by molar-refractivity contribution is 0.133. The molecule has 1 atom stereocenters. The Morgan fingerprint density at radius 1 is 1.38 bits per heavy atom. The van der Waals surface area contributed by atoms with Crippen LogP contribution >= 0.6 is 0 Å². The van der Waals surface area contributed by atoms with Gasteiger partial charge in [-0.05, 0) is 44.0 Å². The number of aliphatic hydroxyl groups excluding tert-OH is 1. The molecule has 0 bridgehead atoms. The average molecular weight is 317 g/mol. The van der Waals surface area contributed by atoms with Crippen LogP contribution in [0.4, 0.5) is 0 Å². The van der Waals surface area contributed by atoms with E-state index in [1.165, 1.54) is 13.2 Å². The third kappa shape index (κ3) is 5.28. The van der Waals surface area contributed by atoms with Crippen molar-refractivity contribution in [1.82, 2.24) is 4.72 Å². The van der Waals surface area contributed by atoms with E-state index in [1.54, 1.807) is 19.1 Å². The summed E-state index contributed by atoms with van der Waals surface area (Å²) in [7, 11) is -2.16. The largest absolute Gasteiger partial charge is 0.497 e. The molecule has 0 aliphatic carbocycles. The zero-order chi connectivity index (χ0) is 15.9. The summed E-state index contributed by atoms with van der Waals surface area (Å²) in [5, 5.41) is 9.10. The molecule has 1 aromatic carbocycles. The summed E-state index contributed by atoms with van der Waals surface area (Å²) in [5.41, 5.74) is 0.521. The third-order valence-corrected chi connectivity index (χ3v) is 4.56. The van der Waals surface area contributed by atoms with Crippen molar-refractivity contribution in [2.75, 3.05) is 26.9 Å². The van der Waals surface area contributed by atoms with Crippen LogP contribution in [-0.4, -0.2) is 46.5 Å². The predicted octanol–water partition coefficient (Wildman–Crippen LogP) is 0.933. The standard InChI is InChI=1S/C14H23NO5S/c1-4-20-10-11(2)15-21(17,18)14-6-5-13(19-3)9-12(14)7-8-16/h5-6,9,11,15-16H,4,7-8,10H2,1-3H3. The van der Waals surface area contributed by atoms with Crippen molar-refractivity contribution in [3.05, 3.63) is 23.8 Å². The first-order valence-corrected chi connectivity index (χ1v) is 8.30. The van der Waals surface area contributed by atoms with Crippen molar-refractivity contribution < 1.29 is 23.0 Å². The Hall–Kier alpha value is -1.15. The second-order valence-corrected chi connectivity index (χ2v) is 6.31. The zero-order valence-electron chi connectivity index (χ0n) is 12.6. The van der Waals surface area contributed by atoms with E-state index < -0.39 is 10.0 Å². The molecule has 1 rings (SSSR count). The Kier molecular flexibility index (Phi) is 7.10. The van der Waals surface area contributed by atoms with Gasteiger partial charge in [0.25, 0.3) is 0 Å². The molecular weight excluding hydrogens is 294 g/mol. The van der Waals surface area contributed by atoms with Gasteiger partial charge in [0.05, 0.1) is 18.6 Å². The molecule has 0 aliphatic rings. The van der Waals surface area contributed by atoms with Gasteiger partial charge in [0.15, 0.2) is 0 Å². The first kappa shape index (κ1) is 17.9. The molecule has 0 fully saturated rings. The SMILES string of the molecule is CCOCC(C)NS(=O)(=O)c1ccc(OC)cc1CCO. The summed E-state index contributed by atoms with van der Waals surface area (Å²) in [6.07, 6.45) is 0.243. The van der Waals surface area contributed by atoms with Crippen molar-refractivity contribution in [2.45, 2.75) is 31.2 Å². The number of methoxy groups -OCH3 is 1. The quantitative estimate of drug-likeness (QED) is 0.708. The van der Waals surface area contributed by atoms with Gasteiger partial charge < -0.3 is 14.6 Å². The summed E-state index contributed by atoms with van der Waals surface area (Å²) < 4.78 is 37.7. The van der Waals surface area contributed by atoms with Gasteiger partial charge in [-0.3, -0.25) is 0 Å². The number of hydrogen-bond donors (Lipinski definition) is 2. The van der Waals surface area contributed by atoms with Crippen LogP contribution in [0.2, 0.25) is 0 Å². The number of hydrogen-bond acceptors (Lipinski definition) is 5. The summed E-state index contributed by atoms with van der Waals surface area (Å²) in [4.78, 5) is 0.153. The lowest BCUT2D eigenvalue weighted by Crippen LogP contribution is -2.36. The van der Waals surface area contributed by atoms with E-state index in [0.29, 0.717) is 24.5 Å². The lowest BCUT2D eigenvalue weighted by atomic mass is 10.1. The normalized spacial score (nSPS) is 13.1. The molecule has 120 valence electrons. The Morgan fingerprint density at radius 2 is 2.10 bits per heavy atom. The smallest absolute Gasteiger partial charge is 0.241 e. The minimum atomic E-state index is -3.66. The molecule has 0 aromatic heterocycles. The summed E-state index contributed by atoms with van der Waals surface area (Å²) in [6, 6.07) is 4.36. The summed E-state index contributed by atoms with van der Waals surface area (Å²) in [6.45, 7) is 4.29. The van der Waals surface area contributed by atoms with E-state index in [2.05, 4.69) is 4.72 Å². The van der Waals surface area contributed by atoms with Crippen LogP contribution in [-0.2, 0) is 21.2 Å². The molecule has 0 aliphatic heterocycles. The molecular formula is C14H23NO5S. The van der Waals surface area contributed by atoms with E-state index in [9.17, 15) is 8.42 Å². The fraction of sp³-hybridized carbons (Fsp3) is 0.571. The fourth-order valence-electron chi connectivity index (χ4n) is 1.92. The third-order valence-electron chi connectivity index (χ3n) is 2.87. The van der Waals surface area contributed by atoms with E-state index in [4.69, 9.17) is 14.6 Å². The second-order valence-electron chi connectivity index (χ2n) is 4.63. The molecule has 0 heterocycles. The maximum absolute atomic E-state index is 12.4. The molecule has 0 radical (unpaired) electrons. The highest BCUT2D eigenvalue weighted by atomic mass is 32.2. The van der Waals surface area contributed by atoms with Gasteiger partial charge in [0.1, 0.15) is 5.75 Å². The van der Waals surface area contributed by atoms with Crippen molar-refractivity contribution >= 4 is 10.0 Å². The maximum atomic E-state index is 12.4. The molecule has 0 saturated carbocycles. The van der Waals surface area contributed by atoms with Gasteiger partial charge in [0, 0.05) is 19.3 Å². The van der Waals surface area contributed by atoms with Crippen LogP contribution in [0.1, 0.15) is 19.4 Å². The van der Waals surface area contributed by atoms with Crippen molar-refractivity contribution in [2.24, 2.45) is 0 Å². The van der Waals surface area contributed by atoms with E-state index in [-0.39, 0.29) is 24.0 Å². The number of rotatable bonds is 9. The van der Waals surface area contributed by atoms with Crippen LogP contribution in [0, 0.1) is 0 Å². The minimum absolute atomic E-state index is 0.135. The van der Waals surface area contributed by atoms with E-state index in [0.717, 1.165) is 0 Å². The van der Waals surface area contributed by atoms with Crippen LogP contribution in [0.15, 0.2) is 23.1 Å². The predicted molar refractivity (Wildman–Crippen MR) is 80.1 cm³/mol. The van der Waals surface area contributed by atoms with Crippen LogP contribution in [0.5, 0.6) is 5.75 Å². The van der Waals surface area contributed by atoms with Gasteiger partial charge >= 0.3 is 0 Å². The number of aliphatic hydroxyl groups is 1. The second kappa shape index (κ2) is 8.33. The molecule has 1 unspecified atom stereocenters. The lowest BCUT2D eigenvalue weighted by Gasteiger charge is -2.16. The highest BCUT2D eigenvalue weighted by molar-refractivity contribution is 7.89. The molecule has 0 saturated heterocycles. The Labute approximate surface area is 126 Å². The molecule has 7 heteroatoms. The summed E-state index contributed by atoms with van der Waals surface area (Å²) in [5.74, 6) is 0.555. The highest BCUT2D eigenvalue weighted by Crippen LogP contribution is 2.22. The Balaban J connectivity index is 3.01. The highest BCUT2D eigenvalue weighted by Gasteiger charge is 2.21. The van der Waals surface area contributed by atoms with Crippen LogP contribution in [0.25, 0.3) is 0 Å². The van der Waals surface area contributed by atoms with Gasteiger partial charge in [0.2, 0.25) is 10.0 Å². The average Bonchev–Trinajstić information content (AvgIpc) is 2.44. The molecule has 21 heavy (non-hydrogen) atoms. The van der Waals surface area contributed by atoms with Crippen molar-refractivity contribution in [1.29, 1.82) is 0 Å². The first-order valence-electron chi connectivity index (χ1n) is 6.82.